The summed E-state index contributed by atoms with van der Waals surface area (Å²) in [5.74, 6) is -0.230. The summed E-state index contributed by atoms with van der Waals surface area (Å²) < 4.78 is 0. The molecule has 0 aromatic carbocycles. The minimum Gasteiger partial charge on any atom is -0.354 e. The van der Waals surface area contributed by atoms with Gasteiger partial charge in [0.15, 0.2) is 0 Å². The van der Waals surface area contributed by atoms with Gasteiger partial charge in [-0.05, 0) is 48.7 Å². The van der Waals surface area contributed by atoms with Crippen LogP contribution in [0.25, 0.3) is 0 Å². The van der Waals surface area contributed by atoms with E-state index in [2.05, 4.69) is 22.9 Å². The molecule has 2 amide bonds. The second-order valence-corrected chi connectivity index (χ2v) is 7.90. The van der Waals surface area contributed by atoms with Crippen LogP contribution in [0.5, 0.6) is 0 Å². The van der Waals surface area contributed by atoms with Gasteiger partial charge in [0.2, 0.25) is 5.91 Å². The predicted octanol–water partition coefficient (Wildman–Crippen LogP) is 2.01. The predicted molar refractivity (Wildman–Crippen MR) is 93.6 cm³/mol. The van der Waals surface area contributed by atoms with Crippen molar-refractivity contribution in [3.63, 3.8) is 0 Å². The van der Waals surface area contributed by atoms with Crippen molar-refractivity contribution in [1.29, 1.82) is 0 Å². The highest BCUT2D eigenvalue weighted by molar-refractivity contribution is 7.12. The number of thiophene rings is 1. The molecule has 2 rings (SSSR count). The molecule has 1 unspecified atom stereocenters. The highest BCUT2D eigenvalue weighted by Crippen LogP contribution is 2.26. The Kier molecular flexibility index (Phi) is 6.18. The van der Waals surface area contributed by atoms with Crippen molar-refractivity contribution >= 4 is 23.2 Å². The van der Waals surface area contributed by atoms with Gasteiger partial charge in [0, 0.05) is 6.54 Å². The van der Waals surface area contributed by atoms with E-state index < -0.39 is 6.04 Å². The summed E-state index contributed by atoms with van der Waals surface area (Å²) in [4.78, 5) is 25.4. The standard InChI is InChI=1S/C17H27N3O2S/c1-12(2)14(20-15(21)13-5-4-10-23-13)16(22)19-11-17(3)6-8-18-9-7-17/h4-5,10,12,14,18H,6-9,11H2,1-3H3,(H,19,22)(H,20,21). The molecule has 2 heterocycles. The summed E-state index contributed by atoms with van der Waals surface area (Å²) in [6, 6.07) is 3.10. The van der Waals surface area contributed by atoms with Crippen LogP contribution in [-0.2, 0) is 4.79 Å². The van der Waals surface area contributed by atoms with Crippen molar-refractivity contribution < 1.29 is 9.59 Å². The van der Waals surface area contributed by atoms with Crippen molar-refractivity contribution in [2.24, 2.45) is 11.3 Å². The van der Waals surface area contributed by atoms with Crippen LogP contribution in [0, 0.1) is 11.3 Å². The second kappa shape index (κ2) is 7.93. The molecule has 1 aromatic heterocycles. The molecule has 23 heavy (non-hydrogen) atoms. The fourth-order valence-corrected chi connectivity index (χ4v) is 3.40. The van der Waals surface area contributed by atoms with E-state index in [1.165, 1.54) is 11.3 Å². The third-order valence-corrected chi connectivity index (χ3v) is 5.35. The van der Waals surface area contributed by atoms with Gasteiger partial charge in [-0.15, -0.1) is 11.3 Å². The molecular formula is C17H27N3O2S. The lowest BCUT2D eigenvalue weighted by molar-refractivity contribution is -0.124. The Balaban J connectivity index is 1.91. The van der Waals surface area contributed by atoms with E-state index in [9.17, 15) is 9.59 Å². The first kappa shape index (κ1) is 17.9. The van der Waals surface area contributed by atoms with Crippen molar-refractivity contribution in [3.8, 4) is 0 Å². The fraction of sp³-hybridized carbons (Fsp3) is 0.647. The fourth-order valence-electron chi connectivity index (χ4n) is 2.77. The molecule has 1 saturated heterocycles. The lowest BCUT2D eigenvalue weighted by Gasteiger charge is -2.34. The van der Waals surface area contributed by atoms with Crippen molar-refractivity contribution in [3.05, 3.63) is 22.4 Å². The van der Waals surface area contributed by atoms with Gasteiger partial charge in [-0.2, -0.15) is 0 Å². The highest BCUT2D eigenvalue weighted by atomic mass is 32.1. The van der Waals surface area contributed by atoms with Gasteiger partial charge in [0.05, 0.1) is 4.88 Å². The number of hydrogen-bond donors (Lipinski definition) is 3. The molecule has 1 aliphatic rings. The van der Waals surface area contributed by atoms with E-state index in [0.717, 1.165) is 25.9 Å². The summed E-state index contributed by atoms with van der Waals surface area (Å²) >= 11 is 1.38. The highest BCUT2D eigenvalue weighted by Gasteiger charge is 2.30. The molecule has 5 nitrogen and oxygen atoms in total. The normalized spacial score (nSPS) is 18.4. The largest absolute Gasteiger partial charge is 0.354 e. The summed E-state index contributed by atoms with van der Waals surface area (Å²) in [6.45, 7) is 8.76. The first-order chi connectivity index (χ1) is 10.9. The number of carbonyl (C=O) groups excluding carboxylic acids is 2. The number of amides is 2. The van der Waals surface area contributed by atoms with Gasteiger partial charge >= 0.3 is 0 Å². The molecule has 3 N–H and O–H groups in total. The zero-order valence-corrected chi connectivity index (χ0v) is 15.0. The van der Waals surface area contributed by atoms with Gasteiger partial charge in [-0.1, -0.05) is 26.8 Å². The average Bonchev–Trinajstić information content (AvgIpc) is 3.05. The Morgan fingerprint density at radius 3 is 2.61 bits per heavy atom. The topological polar surface area (TPSA) is 70.2 Å². The Hall–Kier alpha value is -1.40. The first-order valence-electron chi connectivity index (χ1n) is 8.24. The van der Waals surface area contributed by atoms with Crippen LogP contribution in [-0.4, -0.2) is 37.5 Å². The van der Waals surface area contributed by atoms with Crippen LogP contribution in [0.3, 0.4) is 0 Å². The third-order valence-electron chi connectivity index (χ3n) is 4.48. The van der Waals surface area contributed by atoms with Crippen LogP contribution in [0.15, 0.2) is 17.5 Å². The molecule has 0 aliphatic carbocycles. The molecule has 1 atom stereocenters. The number of carbonyl (C=O) groups is 2. The van der Waals surface area contributed by atoms with Gasteiger partial charge in [0.25, 0.3) is 5.91 Å². The van der Waals surface area contributed by atoms with Crippen LogP contribution >= 0.6 is 11.3 Å². The monoisotopic (exact) mass is 337 g/mol. The van der Waals surface area contributed by atoms with Gasteiger partial charge < -0.3 is 16.0 Å². The molecule has 1 aliphatic heterocycles. The van der Waals surface area contributed by atoms with Crippen LogP contribution in [0.1, 0.15) is 43.3 Å². The first-order valence-corrected chi connectivity index (χ1v) is 9.12. The SMILES string of the molecule is CC(C)C(NC(=O)c1cccs1)C(=O)NCC1(C)CCNCC1. The molecule has 128 valence electrons. The van der Waals surface area contributed by atoms with Crippen LogP contribution in [0.4, 0.5) is 0 Å². The zero-order valence-electron chi connectivity index (χ0n) is 14.1. The Morgan fingerprint density at radius 2 is 2.04 bits per heavy atom. The van der Waals surface area contributed by atoms with E-state index in [1.807, 2.05) is 25.3 Å². The third kappa shape index (κ3) is 5.04. The number of rotatable bonds is 6. The maximum absolute atomic E-state index is 12.5. The molecule has 0 bridgehead atoms. The number of nitrogens with one attached hydrogen (secondary N) is 3. The summed E-state index contributed by atoms with van der Waals surface area (Å²) in [7, 11) is 0. The minimum atomic E-state index is -0.505. The smallest absolute Gasteiger partial charge is 0.262 e. The van der Waals surface area contributed by atoms with Crippen molar-refractivity contribution in [1.82, 2.24) is 16.0 Å². The van der Waals surface area contributed by atoms with E-state index >= 15 is 0 Å². The summed E-state index contributed by atoms with van der Waals surface area (Å²) in [5, 5.41) is 11.1. The minimum absolute atomic E-state index is 0.0414. The van der Waals surface area contributed by atoms with Gasteiger partial charge in [0.1, 0.15) is 6.04 Å². The number of hydrogen-bond acceptors (Lipinski definition) is 4. The Labute approximate surface area is 142 Å². The molecule has 1 aromatic rings. The molecule has 6 heteroatoms. The van der Waals surface area contributed by atoms with Crippen molar-refractivity contribution in [2.75, 3.05) is 19.6 Å². The second-order valence-electron chi connectivity index (χ2n) is 6.95. The Morgan fingerprint density at radius 1 is 1.35 bits per heavy atom. The van der Waals surface area contributed by atoms with Gasteiger partial charge in [-0.3, -0.25) is 9.59 Å². The molecular weight excluding hydrogens is 310 g/mol. The molecule has 0 saturated carbocycles. The van der Waals surface area contributed by atoms with Crippen LogP contribution < -0.4 is 16.0 Å². The summed E-state index contributed by atoms with van der Waals surface area (Å²) in [5.41, 5.74) is 0.139. The van der Waals surface area contributed by atoms with E-state index in [4.69, 9.17) is 0 Å². The molecule has 0 spiro atoms. The van der Waals surface area contributed by atoms with E-state index in [0.29, 0.717) is 11.4 Å². The van der Waals surface area contributed by atoms with Crippen LogP contribution in [0.2, 0.25) is 0 Å². The van der Waals surface area contributed by atoms with Crippen molar-refractivity contribution in [2.45, 2.75) is 39.7 Å². The Bertz CT molecular complexity index is 522. The molecule has 1 fully saturated rings. The van der Waals surface area contributed by atoms with E-state index in [-0.39, 0.29) is 23.1 Å². The lowest BCUT2D eigenvalue weighted by Crippen LogP contribution is -2.52. The zero-order chi connectivity index (χ0) is 16.9. The molecule has 0 radical (unpaired) electrons. The maximum atomic E-state index is 12.5. The van der Waals surface area contributed by atoms with E-state index in [1.54, 1.807) is 6.07 Å². The lowest BCUT2D eigenvalue weighted by atomic mass is 9.81. The quantitative estimate of drug-likeness (QED) is 0.744. The number of piperidine rings is 1. The maximum Gasteiger partial charge on any atom is 0.262 e. The average molecular weight is 337 g/mol. The van der Waals surface area contributed by atoms with Gasteiger partial charge in [-0.25, -0.2) is 0 Å². The summed E-state index contributed by atoms with van der Waals surface area (Å²) in [6.07, 6.45) is 2.11.